The van der Waals surface area contributed by atoms with Crippen LogP contribution in [0.2, 0.25) is 0 Å². The van der Waals surface area contributed by atoms with E-state index in [1.54, 1.807) is 17.8 Å². The summed E-state index contributed by atoms with van der Waals surface area (Å²) in [5.41, 5.74) is 1.47. The summed E-state index contributed by atoms with van der Waals surface area (Å²) in [7, 11) is 0. The Morgan fingerprint density at radius 1 is 1.38 bits per heavy atom. The molecule has 2 rings (SSSR count). The van der Waals surface area contributed by atoms with E-state index in [4.69, 9.17) is 4.74 Å². The lowest BCUT2D eigenvalue weighted by atomic mass is 10.2. The van der Waals surface area contributed by atoms with Crippen molar-refractivity contribution in [2.45, 2.75) is 33.4 Å². The highest BCUT2D eigenvalue weighted by Gasteiger charge is 2.12. The van der Waals surface area contributed by atoms with Gasteiger partial charge in [0.05, 0.1) is 12.8 Å². The van der Waals surface area contributed by atoms with Gasteiger partial charge in [-0.1, -0.05) is 0 Å². The third-order valence-electron chi connectivity index (χ3n) is 3.07. The van der Waals surface area contributed by atoms with E-state index >= 15 is 0 Å². The molecular formula is C16H19F2N3O3. The van der Waals surface area contributed by atoms with Crippen LogP contribution in [-0.4, -0.2) is 28.9 Å². The van der Waals surface area contributed by atoms with Gasteiger partial charge < -0.3 is 14.8 Å². The Bertz CT molecular complexity index is 689. The maximum absolute atomic E-state index is 12.4. The van der Waals surface area contributed by atoms with Gasteiger partial charge in [0.2, 0.25) is 5.91 Å². The average molecular weight is 339 g/mol. The van der Waals surface area contributed by atoms with Crippen LogP contribution in [0.5, 0.6) is 11.5 Å². The molecule has 0 spiro atoms. The molecule has 1 amide bonds. The predicted octanol–water partition coefficient (Wildman–Crippen LogP) is 3.22. The maximum atomic E-state index is 12.4. The molecule has 8 heteroatoms. The quantitative estimate of drug-likeness (QED) is 0.802. The van der Waals surface area contributed by atoms with Crippen LogP contribution in [0.1, 0.15) is 18.9 Å². The van der Waals surface area contributed by atoms with Gasteiger partial charge in [0, 0.05) is 30.9 Å². The zero-order valence-corrected chi connectivity index (χ0v) is 13.5. The van der Waals surface area contributed by atoms with Crippen LogP contribution in [0.3, 0.4) is 0 Å². The van der Waals surface area contributed by atoms with E-state index in [2.05, 4.69) is 15.2 Å². The molecule has 0 fully saturated rings. The predicted molar refractivity (Wildman–Crippen MR) is 84.5 cm³/mol. The van der Waals surface area contributed by atoms with Crippen molar-refractivity contribution in [2.75, 3.05) is 11.9 Å². The third-order valence-corrected chi connectivity index (χ3v) is 3.07. The number of ether oxygens (including phenoxy) is 2. The van der Waals surface area contributed by atoms with E-state index in [0.29, 0.717) is 12.2 Å². The fraction of sp³-hybridized carbons (Fsp3) is 0.375. The number of nitrogens with zero attached hydrogens (tertiary/aromatic N) is 2. The SMILES string of the molecule is CCOc1cc(NC(=O)CCn2cc(C)cn2)ccc1OC(F)F. The third kappa shape index (κ3) is 5.22. The number of carbonyl (C=O) groups is 1. The van der Waals surface area contributed by atoms with Crippen molar-refractivity contribution in [1.82, 2.24) is 9.78 Å². The Hall–Kier alpha value is -2.64. The van der Waals surface area contributed by atoms with Crippen LogP contribution >= 0.6 is 0 Å². The standard InChI is InChI=1S/C16H19F2N3O3/c1-3-23-14-8-12(4-5-13(14)24-16(17)18)20-15(22)6-7-21-10-11(2)9-19-21/h4-5,8-10,16H,3,6-7H2,1-2H3,(H,20,22). The van der Waals surface area contributed by atoms with Gasteiger partial charge in [0.1, 0.15) is 0 Å². The lowest BCUT2D eigenvalue weighted by Crippen LogP contribution is -2.15. The Kier molecular flexibility index (Phi) is 6.11. The summed E-state index contributed by atoms with van der Waals surface area (Å²) in [6.45, 7) is 1.44. The minimum Gasteiger partial charge on any atom is -0.490 e. The second-order valence-corrected chi connectivity index (χ2v) is 5.05. The Balaban J connectivity index is 1.97. The molecule has 0 aliphatic heterocycles. The molecule has 0 aliphatic rings. The van der Waals surface area contributed by atoms with E-state index in [1.807, 2.05) is 13.1 Å². The highest BCUT2D eigenvalue weighted by molar-refractivity contribution is 5.91. The molecule has 2 aromatic rings. The highest BCUT2D eigenvalue weighted by Crippen LogP contribution is 2.31. The van der Waals surface area contributed by atoms with Gasteiger partial charge in [-0.15, -0.1) is 0 Å². The topological polar surface area (TPSA) is 65.4 Å². The van der Waals surface area contributed by atoms with E-state index < -0.39 is 6.61 Å². The van der Waals surface area contributed by atoms with Gasteiger partial charge in [-0.05, 0) is 31.5 Å². The first-order valence-corrected chi connectivity index (χ1v) is 7.48. The highest BCUT2D eigenvalue weighted by atomic mass is 19.3. The molecular weight excluding hydrogens is 320 g/mol. The van der Waals surface area contributed by atoms with Crippen molar-refractivity contribution < 1.29 is 23.0 Å². The van der Waals surface area contributed by atoms with Crippen molar-refractivity contribution in [3.8, 4) is 11.5 Å². The number of alkyl halides is 2. The molecule has 24 heavy (non-hydrogen) atoms. The van der Waals surface area contributed by atoms with Crippen molar-refractivity contribution in [2.24, 2.45) is 0 Å². The fourth-order valence-corrected chi connectivity index (χ4v) is 2.08. The van der Waals surface area contributed by atoms with Gasteiger partial charge >= 0.3 is 6.61 Å². The van der Waals surface area contributed by atoms with Crippen molar-refractivity contribution in [3.05, 3.63) is 36.2 Å². The van der Waals surface area contributed by atoms with Crippen molar-refractivity contribution >= 4 is 11.6 Å². The van der Waals surface area contributed by atoms with Crippen molar-refractivity contribution in [3.63, 3.8) is 0 Å². The summed E-state index contributed by atoms with van der Waals surface area (Å²) in [5.74, 6) is -0.136. The average Bonchev–Trinajstić information content (AvgIpc) is 2.93. The van der Waals surface area contributed by atoms with Crippen LogP contribution in [0.15, 0.2) is 30.6 Å². The molecule has 0 bridgehead atoms. The van der Waals surface area contributed by atoms with Gasteiger partial charge in [-0.2, -0.15) is 13.9 Å². The van der Waals surface area contributed by atoms with Crippen LogP contribution in [-0.2, 0) is 11.3 Å². The molecule has 0 unspecified atom stereocenters. The summed E-state index contributed by atoms with van der Waals surface area (Å²) in [4.78, 5) is 12.0. The second kappa shape index (κ2) is 8.28. The summed E-state index contributed by atoms with van der Waals surface area (Å²) in [5, 5.41) is 6.80. The van der Waals surface area contributed by atoms with Gasteiger partial charge in [0.15, 0.2) is 11.5 Å². The number of halogens is 2. The molecule has 0 aliphatic carbocycles. The lowest BCUT2D eigenvalue weighted by Gasteiger charge is -2.13. The minimum atomic E-state index is -2.94. The molecule has 0 saturated carbocycles. The van der Waals surface area contributed by atoms with Gasteiger partial charge in [-0.25, -0.2) is 0 Å². The van der Waals surface area contributed by atoms with E-state index in [0.717, 1.165) is 5.56 Å². The summed E-state index contributed by atoms with van der Waals surface area (Å²) in [6, 6.07) is 4.27. The number of benzene rings is 1. The maximum Gasteiger partial charge on any atom is 0.387 e. The van der Waals surface area contributed by atoms with E-state index in [-0.39, 0.29) is 30.4 Å². The first kappa shape index (κ1) is 17.7. The smallest absolute Gasteiger partial charge is 0.387 e. The van der Waals surface area contributed by atoms with Gasteiger partial charge in [-0.3, -0.25) is 9.48 Å². The van der Waals surface area contributed by atoms with E-state index in [1.165, 1.54) is 18.2 Å². The summed E-state index contributed by atoms with van der Waals surface area (Å²) < 4.78 is 36.0. The number of anilines is 1. The Morgan fingerprint density at radius 3 is 2.79 bits per heavy atom. The minimum absolute atomic E-state index is 0.0723. The molecule has 0 radical (unpaired) electrons. The van der Waals surface area contributed by atoms with Crippen LogP contribution in [0, 0.1) is 6.92 Å². The number of rotatable bonds is 8. The molecule has 130 valence electrons. The molecule has 0 saturated heterocycles. The van der Waals surface area contributed by atoms with Crippen molar-refractivity contribution in [1.29, 1.82) is 0 Å². The molecule has 6 nitrogen and oxygen atoms in total. The van der Waals surface area contributed by atoms with E-state index in [9.17, 15) is 13.6 Å². The summed E-state index contributed by atoms with van der Waals surface area (Å²) >= 11 is 0. The molecule has 1 heterocycles. The zero-order valence-electron chi connectivity index (χ0n) is 13.5. The fourth-order valence-electron chi connectivity index (χ4n) is 2.08. The number of hydrogen-bond acceptors (Lipinski definition) is 4. The number of carbonyl (C=O) groups excluding carboxylic acids is 1. The molecule has 1 N–H and O–H groups in total. The van der Waals surface area contributed by atoms with Crippen LogP contribution in [0.25, 0.3) is 0 Å². The first-order valence-electron chi connectivity index (χ1n) is 7.48. The Morgan fingerprint density at radius 2 is 2.17 bits per heavy atom. The summed E-state index contributed by atoms with van der Waals surface area (Å²) in [6.07, 6.45) is 3.80. The first-order chi connectivity index (χ1) is 11.5. The lowest BCUT2D eigenvalue weighted by molar-refractivity contribution is -0.116. The number of amides is 1. The number of aryl methyl sites for hydroxylation is 2. The molecule has 1 aromatic heterocycles. The van der Waals surface area contributed by atoms with Crippen LogP contribution in [0.4, 0.5) is 14.5 Å². The number of hydrogen-bond donors (Lipinski definition) is 1. The number of aromatic nitrogens is 2. The number of nitrogens with one attached hydrogen (secondary N) is 1. The molecule has 1 aromatic carbocycles. The molecule has 0 atom stereocenters. The monoisotopic (exact) mass is 339 g/mol. The largest absolute Gasteiger partial charge is 0.490 e. The zero-order chi connectivity index (χ0) is 17.5. The normalized spacial score (nSPS) is 10.7. The van der Waals surface area contributed by atoms with Gasteiger partial charge in [0.25, 0.3) is 0 Å². The second-order valence-electron chi connectivity index (χ2n) is 5.05. The Labute approximate surface area is 138 Å². The van der Waals surface area contributed by atoms with Crippen LogP contribution < -0.4 is 14.8 Å².